The second-order valence-electron chi connectivity index (χ2n) is 5.45. The first-order chi connectivity index (χ1) is 12.1. The number of carbonyl (C=O) groups excluding carboxylic acids is 1. The van der Waals surface area contributed by atoms with Crippen LogP contribution >= 0.6 is 0 Å². The zero-order valence-electron chi connectivity index (χ0n) is 14.3. The molecule has 3 rings (SSSR count). The summed E-state index contributed by atoms with van der Waals surface area (Å²) in [6, 6.07) is 14.9. The molecule has 0 aliphatic rings. The summed E-state index contributed by atoms with van der Waals surface area (Å²) in [5.74, 6) is 0.965. The maximum atomic E-state index is 12.6. The lowest BCUT2D eigenvalue weighted by Gasteiger charge is -2.10. The molecule has 0 unspecified atom stereocenters. The van der Waals surface area contributed by atoms with Gasteiger partial charge in [0, 0.05) is 23.9 Å². The van der Waals surface area contributed by atoms with Crippen molar-refractivity contribution in [2.75, 3.05) is 19.5 Å². The lowest BCUT2D eigenvalue weighted by molar-refractivity contribution is 0.102. The van der Waals surface area contributed by atoms with Crippen LogP contribution in [-0.4, -0.2) is 29.9 Å². The second-order valence-corrected chi connectivity index (χ2v) is 5.45. The Balaban J connectivity index is 1.86. The number of nitrogens with zero attached hydrogens (tertiary/aromatic N) is 2. The molecule has 0 spiro atoms. The van der Waals surface area contributed by atoms with E-state index in [0.29, 0.717) is 22.7 Å². The monoisotopic (exact) mass is 337 g/mol. The van der Waals surface area contributed by atoms with E-state index in [0.717, 1.165) is 11.4 Å². The van der Waals surface area contributed by atoms with Crippen LogP contribution < -0.4 is 14.8 Å². The number of ether oxygens (including phenoxy) is 2. The standard InChI is InChI=1S/C19H19N3O3/c1-13-18(12-20-22(13)15-7-5-4-6-8-15)19(23)21-14-9-16(24-2)11-17(10-14)25-3/h4-12H,1-3H3,(H,21,23). The number of amides is 1. The van der Waals surface area contributed by atoms with Crippen LogP contribution in [0.4, 0.5) is 5.69 Å². The number of hydrogen-bond donors (Lipinski definition) is 1. The van der Waals surface area contributed by atoms with Gasteiger partial charge in [-0.15, -0.1) is 0 Å². The van der Waals surface area contributed by atoms with E-state index in [1.807, 2.05) is 37.3 Å². The lowest BCUT2D eigenvalue weighted by Crippen LogP contribution is -2.13. The van der Waals surface area contributed by atoms with Crippen molar-refractivity contribution in [2.45, 2.75) is 6.92 Å². The predicted octanol–water partition coefficient (Wildman–Crippen LogP) is 3.45. The van der Waals surface area contributed by atoms with Crippen molar-refractivity contribution < 1.29 is 14.3 Å². The van der Waals surface area contributed by atoms with E-state index in [1.165, 1.54) is 0 Å². The van der Waals surface area contributed by atoms with E-state index in [4.69, 9.17) is 9.47 Å². The lowest BCUT2D eigenvalue weighted by atomic mass is 10.2. The molecule has 1 N–H and O–H groups in total. The Labute approximate surface area is 146 Å². The average molecular weight is 337 g/mol. The third-order valence-electron chi connectivity index (χ3n) is 3.86. The van der Waals surface area contributed by atoms with Gasteiger partial charge >= 0.3 is 0 Å². The minimum absolute atomic E-state index is 0.241. The summed E-state index contributed by atoms with van der Waals surface area (Å²) < 4.78 is 12.2. The number of hydrogen-bond acceptors (Lipinski definition) is 4. The number of aromatic nitrogens is 2. The maximum absolute atomic E-state index is 12.6. The third-order valence-corrected chi connectivity index (χ3v) is 3.86. The van der Waals surface area contributed by atoms with E-state index in [-0.39, 0.29) is 5.91 Å². The highest BCUT2D eigenvalue weighted by Gasteiger charge is 2.16. The van der Waals surface area contributed by atoms with Crippen molar-refractivity contribution in [1.82, 2.24) is 9.78 Å². The Hall–Kier alpha value is -3.28. The Morgan fingerprint density at radius 2 is 1.68 bits per heavy atom. The fourth-order valence-electron chi connectivity index (χ4n) is 2.54. The van der Waals surface area contributed by atoms with Crippen molar-refractivity contribution in [2.24, 2.45) is 0 Å². The van der Waals surface area contributed by atoms with Crippen LogP contribution in [0.15, 0.2) is 54.7 Å². The van der Waals surface area contributed by atoms with Crippen LogP contribution in [0.1, 0.15) is 16.1 Å². The van der Waals surface area contributed by atoms with Crippen LogP contribution in [0.2, 0.25) is 0 Å². The Morgan fingerprint density at radius 3 is 2.28 bits per heavy atom. The molecule has 3 aromatic rings. The van der Waals surface area contributed by atoms with Gasteiger partial charge in [-0.2, -0.15) is 5.10 Å². The van der Waals surface area contributed by atoms with Gasteiger partial charge in [0.25, 0.3) is 5.91 Å². The molecule has 0 saturated carbocycles. The molecule has 0 bridgehead atoms. The number of nitrogens with one attached hydrogen (secondary N) is 1. The highest BCUT2D eigenvalue weighted by molar-refractivity contribution is 6.05. The van der Waals surface area contributed by atoms with Crippen molar-refractivity contribution >= 4 is 11.6 Å². The van der Waals surface area contributed by atoms with E-state index in [1.54, 1.807) is 43.3 Å². The van der Waals surface area contributed by atoms with Crippen LogP contribution in [0.5, 0.6) is 11.5 Å². The molecule has 0 aliphatic heterocycles. The van der Waals surface area contributed by atoms with E-state index < -0.39 is 0 Å². The molecular formula is C19H19N3O3. The Kier molecular flexibility index (Phi) is 4.70. The quantitative estimate of drug-likeness (QED) is 0.774. The highest BCUT2D eigenvalue weighted by Crippen LogP contribution is 2.26. The molecule has 6 heteroatoms. The number of para-hydroxylation sites is 1. The summed E-state index contributed by atoms with van der Waals surface area (Å²) in [5.41, 5.74) is 2.76. The zero-order valence-corrected chi connectivity index (χ0v) is 14.3. The van der Waals surface area contributed by atoms with Gasteiger partial charge in [0.1, 0.15) is 11.5 Å². The molecule has 0 aliphatic carbocycles. The topological polar surface area (TPSA) is 65.4 Å². The molecule has 25 heavy (non-hydrogen) atoms. The largest absolute Gasteiger partial charge is 0.497 e. The van der Waals surface area contributed by atoms with Crippen LogP contribution in [-0.2, 0) is 0 Å². The summed E-state index contributed by atoms with van der Waals surface area (Å²) in [5, 5.41) is 7.18. The molecule has 1 aromatic heterocycles. The summed E-state index contributed by atoms with van der Waals surface area (Å²) in [7, 11) is 3.13. The first kappa shape index (κ1) is 16.6. The molecule has 0 atom stereocenters. The van der Waals surface area contributed by atoms with Gasteiger partial charge in [-0.25, -0.2) is 4.68 Å². The molecule has 1 heterocycles. The van der Waals surface area contributed by atoms with Gasteiger partial charge in [-0.3, -0.25) is 4.79 Å². The number of methoxy groups -OCH3 is 2. The normalized spacial score (nSPS) is 10.4. The van der Waals surface area contributed by atoms with E-state index >= 15 is 0 Å². The van der Waals surface area contributed by atoms with Gasteiger partial charge in [0.05, 0.1) is 37.4 Å². The number of carbonyl (C=O) groups is 1. The second kappa shape index (κ2) is 7.09. The Morgan fingerprint density at radius 1 is 1.04 bits per heavy atom. The number of benzene rings is 2. The fraction of sp³-hybridized carbons (Fsp3) is 0.158. The molecule has 2 aromatic carbocycles. The van der Waals surface area contributed by atoms with Crippen LogP contribution in [0.3, 0.4) is 0 Å². The SMILES string of the molecule is COc1cc(NC(=O)c2cnn(-c3ccccc3)c2C)cc(OC)c1. The van der Waals surface area contributed by atoms with Crippen molar-refractivity contribution in [1.29, 1.82) is 0 Å². The smallest absolute Gasteiger partial charge is 0.259 e. The highest BCUT2D eigenvalue weighted by atomic mass is 16.5. The average Bonchev–Trinajstić information content (AvgIpc) is 3.03. The molecule has 1 amide bonds. The molecule has 0 fully saturated rings. The van der Waals surface area contributed by atoms with Crippen molar-refractivity contribution in [3.63, 3.8) is 0 Å². The van der Waals surface area contributed by atoms with Crippen molar-refractivity contribution in [3.8, 4) is 17.2 Å². The number of anilines is 1. The van der Waals surface area contributed by atoms with Crippen LogP contribution in [0.25, 0.3) is 5.69 Å². The number of rotatable bonds is 5. The Bertz CT molecular complexity index is 866. The van der Waals surface area contributed by atoms with E-state index in [9.17, 15) is 4.79 Å². The summed E-state index contributed by atoms with van der Waals surface area (Å²) >= 11 is 0. The molecular weight excluding hydrogens is 318 g/mol. The van der Waals surface area contributed by atoms with E-state index in [2.05, 4.69) is 10.4 Å². The first-order valence-electron chi connectivity index (χ1n) is 7.77. The minimum atomic E-state index is -0.241. The van der Waals surface area contributed by atoms with Gasteiger partial charge in [-0.1, -0.05) is 18.2 Å². The third kappa shape index (κ3) is 3.47. The van der Waals surface area contributed by atoms with Gasteiger partial charge in [-0.05, 0) is 19.1 Å². The van der Waals surface area contributed by atoms with Gasteiger partial charge in [0.15, 0.2) is 0 Å². The molecule has 0 radical (unpaired) electrons. The van der Waals surface area contributed by atoms with Crippen molar-refractivity contribution in [3.05, 3.63) is 66.0 Å². The summed E-state index contributed by atoms with van der Waals surface area (Å²) in [6.45, 7) is 1.86. The minimum Gasteiger partial charge on any atom is -0.497 e. The van der Waals surface area contributed by atoms with Gasteiger partial charge < -0.3 is 14.8 Å². The summed E-state index contributed by atoms with van der Waals surface area (Å²) in [6.07, 6.45) is 1.56. The van der Waals surface area contributed by atoms with Gasteiger partial charge in [0.2, 0.25) is 0 Å². The van der Waals surface area contributed by atoms with Crippen LogP contribution in [0, 0.1) is 6.92 Å². The molecule has 0 saturated heterocycles. The zero-order chi connectivity index (χ0) is 17.8. The fourth-order valence-corrected chi connectivity index (χ4v) is 2.54. The predicted molar refractivity (Wildman–Crippen MR) is 95.8 cm³/mol. The summed E-state index contributed by atoms with van der Waals surface area (Å²) in [4.78, 5) is 12.6. The maximum Gasteiger partial charge on any atom is 0.259 e. The molecule has 128 valence electrons. The first-order valence-corrected chi connectivity index (χ1v) is 7.77. The molecule has 6 nitrogen and oxygen atoms in total.